The topological polar surface area (TPSA) is 112 Å². The highest BCUT2D eigenvalue weighted by molar-refractivity contribution is 5.90. The van der Waals surface area contributed by atoms with Gasteiger partial charge in [0.25, 0.3) is 0 Å². The number of carbonyl (C=O) groups is 3. The molecule has 0 bridgehead atoms. The number of rotatable bonds is 4. The molecular formula is C13H18O6. The molecule has 3 N–H and O–H groups in total. The van der Waals surface area contributed by atoms with E-state index in [9.17, 15) is 14.4 Å². The van der Waals surface area contributed by atoms with Crippen LogP contribution in [0.4, 0.5) is 0 Å². The minimum atomic E-state index is -1.08. The number of allylic oxidation sites excluding steroid dienone is 2. The van der Waals surface area contributed by atoms with E-state index in [1.807, 2.05) is 6.92 Å². The molecule has 1 aliphatic carbocycles. The second-order valence-electron chi connectivity index (χ2n) is 4.40. The SMILES string of the molecule is CC1(C(=O)O)C=CC=C(C(=O)O)C1.CCCC(=O)O. The van der Waals surface area contributed by atoms with Crippen LogP contribution in [0.3, 0.4) is 0 Å². The highest BCUT2D eigenvalue weighted by atomic mass is 16.4. The molecule has 0 aromatic rings. The van der Waals surface area contributed by atoms with Crippen molar-refractivity contribution in [2.24, 2.45) is 5.41 Å². The molecule has 0 amide bonds. The molecule has 0 radical (unpaired) electrons. The zero-order chi connectivity index (χ0) is 15.1. The van der Waals surface area contributed by atoms with E-state index in [1.165, 1.54) is 25.2 Å². The molecule has 0 aromatic carbocycles. The lowest BCUT2D eigenvalue weighted by molar-refractivity contribution is -0.145. The summed E-state index contributed by atoms with van der Waals surface area (Å²) in [6.07, 6.45) is 5.46. The first kappa shape index (κ1) is 16.9. The molecule has 0 heterocycles. The van der Waals surface area contributed by atoms with Gasteiger partial charge in [0.2, 0.25) is 0 Å². The predicted molar refractivity (Wildman–Crippen MR) is 67.8 cm³/mol. The average molecular weight is 270 g/mol. The molecule has 1 aliphatic rings. The molecule has 0 aromatic heterocycles. The maximum atomic E-state index is 10.8. The van der Waals surface area contributed by atoms with Crippen molar-refractivity contribution in [1.82, 2.24) is 0 Å². The molecular weight excluding hydrogens is 252 g/mol. The van der Waals surface area contributed by atoms with Crippen LogP contribution in [0.1, 0.15) is 33.1 Å². The van der Waals surface area contributed by atoms with Crippen molar-refractivity contribution in [2.45, 2.75) is 33.1 Å². The number of carboxylic acid groups (broad SMARTS) is 3. The molecule has 19 heavy (non-hydrogen) atoms. The Hall–Kier alpha value is -2.11. The minimum Gasteiger partial charge on any atom is -0.481 e. The van der Waals surface area contributed by atoms with Gasteiger partial charge in [0.1, 0.15) is 0 Å². The lowest BCUT2D eigenvalue weighted by Gasteiger charge is -2.23. The van der Waals surface area contributed by atoms with E-state index in [0.717, 1.165) is 6.42 Å². The van der Waals surface area contributed by atoms with E-state index >= 15 is 0 Å². The van der Waals surface area contributed by atoms with Crippen molar-refractivity contribution in [1.29, 1.82) is 0 Å². The second-order valence-corrected chi connectivity index (χ2v) is 4.40. The molecule has 0 fully saturated rings. The van der Waals surface area contributed by atoms with Gasteiger partial charge in [-0.3, -0.25) is 9.59 Å². The summed E-state index contributed by atoms with van der Waals surface area (Å²) < 4.78 is 0. The van der Waals surface area contributed by atoms with Gasteiger partial charge in [-0.2, -0.15) is 0 Å². The molecule has 6 heteroatoms. The van der Waals surface area contributed by atoms with Crippen molar-refractivity contribution in [3.8, 4) is 0 Å². The highest BCUT2D eigenvalue weighted by Gasteiger charge is 2.34. The summed E-state index contributed by atoms with van der Waals surface area (Å²) in [7, 11) is 0. The summed E-state index contributed by atoms with van der Waals surface area (Å²) >= 11 is 0. The molecule has 1 unspecified atom stereocenters. The van der Waals surface area contributed by atoms with Crippen LogP contribution in [0, 0.1) is 5.41 Å². The quantitative estimate of drug-likeness (QED) is 0.719. The molecule has 0 saturated carbocycles. The van der Waals surface area contributed by atoms with Crippen LogP contribution in [0.15, 0.2) is 23.8 Å². The fourth-order valence-corrected chi connectivity index (χ4v) is 1.40. The Kier molecular flexibility index (Phi) is 6.54. The van der Waals surface area contributed by atoms with Crippen LogP contribution in [0.2, 0.25) is 0 Å². The van der Waals surface area contributed by atoms with Crippen LogP contribution in [-0.2, 0) is 14.4 Å². The zero-order valence-electron chi connectivity index (χ0n) is 10.9. The van der Waals surface area contributed by atoms with Crippen molar-refractivity contribution >= 4 is 17.9 Å². The maximum absolute atomic E-state index is 10.8. The molecule has 6 nitrogen and oxygen atoms in total. The first-order valence-corrected chi connectivity index (χ1v) is 5.79. The van der Waals surface area contributed by atoms with E-state index in [1.54, 1.807) is 0 Å². The fraction of sp³-hybridized carbons (Fsp3) is 0.462. The van der Waals surface area contributed by atoms with Gasteiger partial charge in [-0.05, 0) is 19.8 Å². The highest BCUT2D eigenvalue weighted by Crippen LogP contribution is 2.31. The van der Waals surface area contributed by atoms with Gasteiger partial charge < -0.3 is 15.3 Å². The van der Waals surface area contributed by atoms with Crippen LogP contribution in [0.25, 0.3) is 0 Å². The standard InChI is InChI=1S/C9H10O4.C4H8O2/c1-9(8(12)13)4-2-3-6(5-9)7(10)11;1-2-3-4(5)6/h2-4H,5H2,1H3,(H,10,11)(H,12,13);2-3H2,1H3,(H,5,6). The van der Waals surface area contributed by atoms with Crippen LogP contribution < -0.4 is 0 Å². The van der Waals surface area contributed by atoms with E-state index in [4.69, 9.17) is 15.3 Å². The van der Waals surface area contributed by atoms with E-state index < -0.39 is 23.3 Å². The number of carboxylic acids is 3. The normalized spacial score (nSPS) is 20.8. The molecule has 0 saturated heterocycles. The first-order valence-electron chi connectivity index (χ1n) is 5.79. The van der Waals surface area contributed by atoms with Crippen molar-refractivity contribution < 1.29 is 29.7 Å². The minimum absolute atomic E-state index is 0.0359. The molecule has 0 spiro atoms. The third-order valence-electron chi connectivity index (χ3n) is 2.55. The predicted octanol–water partition coefficient (Wildman–Crippen LogP) is 1.92. The molecule has 0 aliphatic heterocycles. The Morgan fingerprint density at radius 3 is 2.16 bits per heavy atom. The second kappa shape index (κ2) is 7.35. The lowest BCUT2D eigenvalue weighted by atomic mass is 9.80. The van der Waals surface area contributed by atoms with Crippen LogP contribution >= 0.6 is 0 Å². The van der Waals surface area contributed by atoms with Gasteiger partial charge in [-0.15, -0.1) is 0 Å². The van der Waals surface area contributed by atoms with Gasteiger partial charge >= 0.3 is 17.9 Å². The van der Waals surface area contributed by atoms with Gasteiger partial charge in [0.05, 0.1) is 5.41 Å². The smallest absolute Gasteiger partial charge is 0.331 e. The number of aliphatic carboxylic acids is 3. The van der Waals surface area contributed by atoms with Gasteiger partial charge in [-0.25, -0.2) is 4.79 Å². The van der Waals surface area contributed by atoms with Crippen molar-refractivity contribution in [2.75, 3.05) is 0 Å². The summed E-state index contributed by atoms with van der Waals surface area (Å²) in [4.78, 5) is 30.9. The van der Waals surface area contributed by atoms with E-state index in [-0.39, 0.29) is 12.0 Å². The number of hydrogen-bond acceptors (Lipinski definition) is 3. The molecule has 106 valence electrons. The fourth-order valence-electron chi connectivity index (χ4n) is 1.40. The Balaban J connectivity index is 0.000000459. The zero-order valence-corrected chi connectivity index (χ0v) is 10.9. The summed E-state index contributed by atoms with van der Waals surface area (Å²) in [5.74, 6) is -2.77. The Morgan fingerprint density at radius 2 is 1.84 bits per heavy atom. The maximum Gasteiger partial charge on any atom is 0.331 e. The lowest BCUT2D eigenvalue weighted by Crippen LogP contribution is -2.28. The Morgan fingerprint density at radius 1 is 1.26 bits per heavy atom. The summed E-state index contributed by atoms with van der Waals surface area (Å²) in [6, 6.07) is 0. The van der Waals surface area contributed by atoms with Crippen LogP contribution in [0.5, 0.6) is 0 Å². The van der Waals surface area contributed by atoms with Gasteiger partial charge in [0.15, 0.2) is 0 Å². The summed E-state index contributed by atoms with van der Waals surface area (Å²) in [5, 5.41) is 25.4. The molecule has 1 atom stereocenters. The number of hydrogen-bond donors (Lipinski definition) is 3. The van der Waals surface area contributed by atoms with Crippen LogP contribution in [-0.4, -0.2) is 33.2 Å². The Labute approximate surface area is 111 Å². The van der Waals surface area contributed by atoms with Crippen molar-refractivity contribution in [3.63, 3.8) is 0 Å². The van der Waals surface area contributed by atoms with Crippen molar-refractivity contribution in [3.05, 3.63) is 23.8 Å². The summed E-state index contributed by atoms with van der Waals surface area (Å²) in [6.45, 7) is 3.34. The Bertz CT molecular complexity index is 421. The van der Waals surface area contributed by atoms with Gasteiger partial charge in [0, 0.05) is 12.0 Å². The third-order valence-corrected chi connectivity index (χ3v) is 2.55. The summed E-state index contributed by atoms with van der Waals surface area (Å²) in [5.41, 5.74) is -0.949. The third kappa shape index (κ3) is 5.85. The van der Waals surface area contributed by atoms with E-state index in [2.05, 4.69) is 0 Å². The first-order chi connectivity index (χ1) is 8.73. The average Bonchev–Trinajstić information content (AvgIpc) is 2.29. The molecule has 1 rings (SSSR count). The van der Waals surface area contributed by atoms with Gasteiger partial charge in [-0.1, -0.05) is 25.2 Å². The monoisotopic (exact) mass is 270 g/mol. The van der Waals surface area contributed by atoms with E-state index in [0.29, 0.717) is 6.42 Å². The largest absolute Gasteiger partial charge is 0.481 e.